The van der Waals surface area contributed by atoms with Gasteiger partial charge in [0.25, 0.3) is 5.91 Å². The number of hydrogen-bond acceptors (Lipinski definition) is 4. The summed E-state index contributed by atoms with van der Waals surface area (Å²) in [6, 6.07) is 0. The van der Waals surface area contributed by atoms with Gasteiger partial charge in [0, 0.05) is 25.5 Å². The van der Waals surface area contributed by atoms with E-state index in [0.29, 0.717) is 17.9 Å². The number of amides is 1. The molecule has 2 rings (SSSR count). The second-order valence-electron chi connectivity index (χ2n) is 3.61. The van der Waals surface area contributed by atoms with Gasteiger partial charge in [-0.15, -0.1) is 0 Å². The molecule has 4 N–H and O–H groups in total. The van der Waals surface area contributed by atoms with Crippen LogP contribution in [0, 0.1) is 0 Å². The quantitative estimate of drug-likeness (QED) is 0.634. The molecule has 0 aliphatic rings. The van der Waals surface area contributed by atoms with Gasteiger partial charge in [-0.1, -0.05) is 0 Å². The molecule has 2 aromatic rings. The van der Waals surface area contributed by atoms with E-state index in [2.05, 4.69) is 20.5 Å². The molecule has 0 saturated heterocycles. The summed E-state index contributed by atoms with van der Waals surface area (Å²) in [4.78, 5) is 15.5. The average molecular weight is 234 g/mol. The summed E-state index contributed by atoms with van der Waals surface area (Å²) in [6.45, 7) is 1.40. The summed E-state index contributed by atoms with van der Waals surface area (Å²) < 4.78 is 1.96. The lowest BCUT2D eigenvalue weighted by molar-refractivity contribution is 0.0948. The number of rotatable bonds is 5. The third kappa shape index (κ3) is 2.83. The minimum atomic E-state index is -0.231. The van der Waals surface area contributed by atoms with Crippen LogP contribution in [0.4, 0.5) is 5.69 Å². The Kier molecular flexibility index (Phi) is 3.39. The topological polar surface area (TPSA) is 102 Å². The van der Waals surface area contributed by atoms with Crippen molar-refractivity contribution in [2.24, 2.45) is 0 Å². The molecule has 0 radical (unpaired) electrons. The molecule has 0 aliphatic heterocycles. The number of hydrogen-bond donors (Lipinski definition) is 3. The van der Waals surface area contributed by atoms with Gasteiger partial charge >= 0.3 is 0 Å². The fourth-order valence-electron chi connectivity index (χ4n) is 1.45. The number of nitrogens with one attached hydrogen (secondary N) is 2. The summed E-state index contributed by atoms with van der Waals surface area (Å²) in [7, 11) is 0. The Morgan fingerprint density at radius 3 is 3.12 bits per heavy atom. The van der Waals surface area contributed by atoms with Gasteiger partial charge in [-0.3, -0.25) is 9.89 Å². The molecule has 0 unspecified atom stereocenters. The van der Waals surface area contributed by atoms with Crippen LogP contribution in [-0.4, -0.2) is 32.2 Å². The molecule has 7 nitrogen and oxygen atoms in total. The highest BCUT2D eigenvalue weighted by atomic mass is 16.1. The fraction of sp³-hybridized carbons (Fsp3) is 0.300. The third-order valence-electron chi connectivity index (χ3n) is 2.33. The van der Waals surface area contributed by atoms with Gasteiger partial charge in [0.2, 0.25) is 0 Å². The molecule has 0 spiro atoms. The van der Waals surface area contributed by atoms with E-state index < -0.39 is 0 Å². The lowest BCUT2D eigenvalue weighted by atomic mass is 10.3. The molecule has 0 bridgehead atoms. The number of nitrogens with two attached hydrogens (primary N) is 1. The van der Waals surface area contributed by atoms with Crippen LogP contribution in [0.3, 0.4) is 0 Å². The highest BCUT2D eigenvalue weighted by Crippen LogP contribution is 2.04. The first kappa shape index (κ1) is 11.2. The zero-order valence-corrected chi connectivity index (χ0v) is 9.26. The number of anilines is 1. The maximum absolute atomic E-state index is 11.6. The van der Waals surface area contributed by atoms with E-state index in [4.69, 9.17) is 5.73 Å². The van der Waals surface area contributed by atoms with Crippen molar-refractivity contribution in [2.45, 2.75) is 13.0 Å². The number of aromatic amines is 1. The van der Waals surface area contributed by atoms with Crippen LogP contribution in [0.25, 0.3) is 0 Å². The predicted molar refractivity (Wildman–Crippen MR) is 62.2 cm³/mol. The summed E-state index contributed by atoms with van der Waals surface area (Å²) in [5.74, 6) is -0.231. The van der Waals surface area contributed by atoms with E-state index >= 15 is 0 Å². The van der Waals surface area contributed by atoms with Crippen molar-refractivity contribution in [3.8, 4) is 0 Å². The lowest BCUT2D eigenvalue weighted by Crippen LogP contribution is -2.26. The van der Waals surface area contributed by atoms with Gasteiger partial charge in [0.15, 0.2) is 0 Å². The summed E-state index contributed by atoms with van der Waals surface area (Å²) in [5.41, 5.74) is 6.23. The second kappa shape index (κ2) is 5.15. The van der Waals surface area contributed by atoms with Crippen molar-refractivity contribution in [1.82, 2.24) is 25.1 Å². The highest BCUT2D eigenvalue weighted by Gasteiger charge is 2.10. The molecule has 0 atom stereocenters. The smallest absolute Gasteiger partial charge is 0.271 e. The van der Waals surface area contributed by atoms with Crippen LogP contribution < -0.4 is 11.1 Å². The van der Waals surface area contributed by atoms with Crippen LogP contribution in [0.1, 0.15) is 16.9 Å². The Bertz CT molecular complexity index is 475. The summed E-state index contributed by atoms with van der Waals surface area (Å²) >= 11 is 0. The number of carbonyl (C=O) groups excluding carboxylic acids is 1. The van der Waals surface area contributed by atoms with Gasteiger partial charge in [-0.2, -0.15) is 5.10 Å². The number of nitrogens with zero attached hydrogens (tertiary/aromatic N) is 3. The molecule has 0 aliphatic carbocycles. The summed E-state index contributed by atoms with van der Waals surface area (Å²) in [6.07, 6.45) is 7.60. The van der Waals surface area contributed by atoms with Crippen molar-refractivity contribution in [3.63, 3.8) is 0 Å². The van der Waals surface area contributed by atoms with Gasteiger partial charge in [-0.25, -0.2) is 4.98 Å². The van der Waals surface area contributed by atoms with Crippen LogP contribution >= 0.6 is 0 Å². The molecule has 2 aromatic heterocycles. The molecule has 0 fully saturated rings. The largest absolute Gasteiger partial charge is 0.396 e. The number of nitrogen functional groups attached to an aromatic ring is 1. The minimum Gasteiger partial charge on any atom is -0.396 e. The van der Waals surface area contributed by atoms with E-state index in [9.17, 15) is 4.79 Å². The molecule has 90 valence electrons. The van der Waals surface area contributed by atoms with Gasteiger partial charge in [-0.05, 0) is 6.42 Å². The van der Waals surface area contributed by atoms with Crippen molar-refractivity contribution in [3.05, 3.63) is 30.6 Å². The van der Waals surface area contributed by atoms with Gasteiger partial charge in [0.1, 0.15) is 5.69 Å². The third-order valence-corrected chi connectivity index (χ3v) is 2.33. The molecule has 2 heterocycles. The zero-order valence-electron chi connectivity index (χ0n) is 9.26. The Balaban J connectivity index is 1.72. The SMILES string of the molecule is Nc1cn[nH]c1C(=O)NCCCn1ccnc1. The Labute approximate surface area is 98.0 Å². The average Bonchev–Trinajstić information content (AvgIpc) is 2.95. The molecule has 17 heavy (non-hydrogen) atoms. The van der Waals surface area contributed by atoms with E-state index in [-0.39, 0.29) is 5.91 Å². The maximum atomic E-state index is 11.6. The maximum Gasteiger partial charge on any atom is 0.271 e. The van der Waals surface area contributed by atoms with Gasteiger partial charge < -0.3 is 15.6 Å². The van der Waals surface area contributed by atoms with Crippen LogP contribution in [0.2, 0.25) is 0 Å². The number of aryl methyl sites for hydroxylation is 1. The standard InChI is InChI=1S/C10H14N6O/c11-8-6-14-15-9(8)10(17)13-2-1-4-16-5-3-12-7-16/h3,5-7H,1-2,4,11H2,(H,13,17)(H,14,15). The van der Waals surface area contributed by atoms with Gasteiger partial charge in [0.05, 0.1) is 18.2 Å². The molecule has 0 saturated carbocycles. The van der Waals surface area contributed by atoms with E-state index in [1.54, 1.807) is 12.5 Å². The normalized spacial score (nSPS) is 10.4. The van der Waals surface area contributed by atoms with Crippen LogP contribution in [-0.2, 0) is 6.54 Å². The molecule has 0 aromatic carbocycles. The van der Waals surface area contributed by atoms with Crippen molar-refractivity contribution in [2.75, 3.05) is 12.3 Å². The first-order valence-corrected chi connectivity index (χ1v) is 5.30. The Morgan fingerprint density at radius 2 is 2.47 bits per heavy atom. The highest BCUT2D eigenvalue weighted by molar-refractivity contribution is 5.96. The minimum absolute atomic E-state index is 0.231. The first-order chi connectivity index (χ1) is 8.27. The molecular formula is C10H14N6O. The van der Waals surface area contributed by atoms with Crippen molar-refractivity contribution in [1.29, 1.82) is 0 Å². The fourth-order valence-corrected chi connectivity index (χ4v) is 1.45. The van der Waals surface area contributed by atoms with Crippen molar-refractivity contribution >= 4 is 11.6 Å². The van der Waals surface area contributed by atoms with Crippen molar-refractivity contribution < 1.29 is 4.79 Å². The van der Waals surface area contributed by atoms with E-state index in [0.717, 1.165) is 13.0 Å². The zero-order chi connectivity index (χ0) is 12.1. The van der Waals surface area contributed by atoms with E-state index in [1.807, 2.05) is 10.8 Å². The molecular weight excluding hydrogens is 220 g/mol. The number of aromatic nitrogens is 4. The number of imidazole rings is 1. The van der Waals surface area contributed by atoms with Crippen LogP contribution in [0.15, 0.2) is 24.9 Å². The lowest BCUT2D eigenvalue weighted by Gasteiger charge is -2.04. The molecule has 1 amide bonds. The Morgan fingerprint density at radius 1 is 1.59 bits per heavy atom. The second-order valence-corrected chi connectivity index (χ2v) is 3.61. The summed E-state index contributed by atoms with van der Waals surface area (Å²) in [5, 5.41) is 9.01. The number of carbonyl (C=O) groups is 1. The van der Waals surface area contributed by atoms with E-state index in [1.165, 1.54) is 6.20 Å². The first-order valence-electron chi connectivity index (χ1n) is 5.30. The Hall–Kier alpha value is -2.31. The predicted octanol–water partition coefficient (Wildman–Crippen LogP) is 0.00850. The number of H-pyrrole nitrogens is 1. The monoisotopic (exact) mass is 234 g/mol. The molecule has 7 heteroatoms. The van der Waals surface area contributed by atoms with Crippen LogP contribution in [0.5, 0.6) is 0 Å².